The van der Waals surface area contributed by atoms with E-state index in [4.69, 9.17) is 11.6 Å². The van der Waals surface area contributed by atoms with Gasteiger partial charge in [0, 0.05) is 25.7 Å². The third-order valence-electron chi connectivity index (χ3n) is 6.38. The molecule has 32 heavy (non-hydrogen) atoms. The van der Waals surface area contributed by atoms with E-state index in [0.29, 0.717) is 38.6 Å². The Labute approximate surface area is 187 Å². The first-order chi connectivity index (χ1) is 15.3. The minimum atomic E-state index is -1.06. The van der Waals surface area contributed by atoms with Crippen molar-refractivity contribution >= 4 is 35.0 Å². The monoisotopic (exact) mass is 465 g/mol. The number of nitrogens with zero attached hydrogens (tertiary/aromatic N) is 2. The highest BCUT2D eigenvalue weighted by Crippen LogP contribution is 2.47. The van der Waals surface area contributed by atoms with Gasteiger partial charge in [-0.15, -0.1) is 0 Å². The van der Waals surface area contributed by atoms with E-state index in [1.54, 1.807) is 0 Å². The van der Waals surface area contributed by atoms with Crippen LogP contribution in [0.5, 0.6) is 0 Å². The summed E-state index contributed by atoms with van der Waals surface area (Å²) < 4.78 is 27.1. The molecule has 1 spiro atoms. The summed E-state index contributed by atoms with van der Waals surface area (Å²) in [6.45, 7) is 0.365. The van der Waals surface area contributed by atoms with Gasteiger partial charge in [-0.1, -0.05) is 11.6 Å². The molecule has 170 valence electrons. The Morgan fingerprint density at radius 2 is 1.88 bits per heavy atom. The Morgan fingerprint density at radius 1 is 1.19 bits per heavy atom. The molecule has 2 fully saturated rings. The largest absolute Gasteiger partial charge is 0.354 e. The Kier molecular flexibility index (Phi) is 5.89. The molecule has 1 aliphatic heterocycles. The van der Waals surface area contributed by atoms with Gasteiger partial charge >= 0.3 is 0 Å². The smallest absolute Gasteiger partial charge is 0.272 e. The van der Waals surface area contributed by atoms with Crippen molar-refractivity contribution in [3.8, 4) is 0 Å². The molecule has 2 heterocycles. The molecule has 1 saturated heterocycles. The predicted octanol–water partition coefficient (Wildman–Crippen LogP) is 2.80. The molecule has 3 amide bonds. The predicted molar refractivity (Wildman–Crippen MR) is 112 cm³/mol. The first kappa shape index (κ1) is 22.2. The van der Waals surface area contributed by atoms with E-state index < -0.39 is 28.9 Å². The summed E-state index contributed by atoms with van der Waals surface area (Å²) in [5.74, 6) is -3.18. The van der Waals surface area contributed by atoms with Gasteiger partial charge in [0.1, 0.15) is 5.69 Å². The molecule has 0 unspecified atom stereocenters. The molecule has 8 nitrogen and oxygen atoms in total. The molecule has 0 radical (unpaired) electrons. The summed E-state index contributed by atoms with van der Waals surface area (Å²) >= 11 is 6.06. The molecule has 4 rings (SSSR count). The summed E-state index contributed by atoms with van der Waals surface area (Å²) in [4.78, 5) is 45.6. The van der Waals surface area contributed by atoms with Gasteiger partial charge in [-0.3, -0.25) is 14.4 Å². The number of H-pyrrole nitrogens is 1. The van der Waals surface area contributed by atoms with E-state index in [0.717, 1.165) is 12.1 Å². The molecule has 1 aliphatic carbocycles. The number of benzene rings is 1. The van der Waals surface area contributed by atoms with Gasteiger partial charge in [-0.25, -0.2) is 13.8 Å². The average Bonchev–Trinajstić information content (AvgIpc) is 3.38. The van der Waals surface area contributed by atoms with Crippen LogP contribution < -0.4 is 15.5 Å². The van der Waals surface area contributed by atoms with Crippen molar-refractivity contribution in [2.24, 2.45) is 5.41 Å². The van der Waals surface area contributed by atoms with E-state index in [1.807, 2.05) is 0 Å². The lowest BCUT2D eigenvalue weighted by Crippen LogP contribution is -2.44. The van der Waals surface area contributed by atoms with Crippen LogP contribution in [0.1, 0.15) is 53.1 Å². The van der Waals surface area contributed by atoms with Crippen molar-refractivity contribution in [1.29, 1.82) is 0 Å². The highest BCUT2D eigenvalue weighted by molar-refractivity contribution is 6.34. The molecular formula is C21H22ClF2N5O3. The third-order valence-corrected chi connectivity index (χ3v) is 6.68. The van der Waals surface area contributed by atoms with Crippen LogP contribution in [0.3, 0.4) is 0 Å². The number of aromatic nitrogens is 2. The van der Waals surface area contributed by atoms with Crippen LogP contribution in [0.2, 0.25) is 5.02 Å². The van der Waals surface area contributed by atoms with E-state index >= 15 is 0 Å². The number of hydrogen-bond acceptors (Lipinski definition) is 4. The second-order valence-corrected chi connectivity index (χ2v) is 8.57. The Hall–Kier alpha value is -3.01. The van der Waals surface area contributed by atoms with Crippen LogP contribution in [0, 0.1) is 17.0 Å². The van der Waals surface area contributed by atoms with Gasteiger partial charge in [0.2, 0.25) is 5.91 Å². The lowest BCUT2D eigenvalue weighted by atomic mass is 9.71. The van der Waals surface area contributed by atoms with Gasteiger partial charge in [0.25, 0.3) is 11.8 Å². The highest BCUT2D eigenvalue weighted by Gasteiger charge is 2.49. The third kappa shape index (κ3) is 3.83. The van der Waals surface area contributed by atoms with Gasteiger partial charge in [-0.2, -0.15) is 0 Å². The Balaban J connectivity index is 1.41. The summed E-state index contributed by atoms with van der Waals surface area (Å²) in [7, 11) is 1.45. The van der Waals surface area contributed by atoms with Crippen LogP contribution in [0.25, 0.3) is 0 Å². The zero-order valence-electron chi connectivity index (χ0n) is 17.3. The summed E-state index contributed by atoms with van der Waals surface area (Å²) in [5, 5.41) is 5.32. The van der Waals surface area contributed by atoms with Crippen LogP contribution in [-0.4, -0.2) is 47.3 Å². The van der Waals surface area contributed by atoms with Crippen molar-refractivity contribution in [3.05, 3.63) is 46.5 Å². The molecule has 0 bridgehead atoms. The van der Waals surface area contributed by atoms with Crippen molar-refractivity contribution < 1.29 is 23.2 Å². The minimum Gasteiger partial charge on any atom is -0.354 e. The molecule has 2 aliphatic rings. The van der Waals surface area contributed by atoms with Crippen LogP contribution in [-0.2, 0) is 4.79 Å². The highest BCUT2D eigenvalue weighted by atomic mass is 35.5. The number of hydrogen-bond donors (Lipinski definition) is 3. The maximum Gasteiger partial charge on any atom is 0.272 e. The lowest BCUT2D eigenvalue weighted by Gasteiger charge is -2.36. The van der Waals surface area contributed by atoms with Crippen molar-refractivity contribution in [3.63, 3.8) is 0 Å². The first-order valence-electron chi connectivity index (χ1n) is 10.3. The average molecular weight is 466 g/mol. The van der Waals surface area contributed by atoms with Crippen molar-refractivity contribution in [2.45, 2.75) is 38.1 Å². The normalized spacial score (nSPS) is 22.9. The van der Waals surface area contributed by atoms with E-state index in [-0.39, 0.29) is 34.0 Å². The lowest BCUT2D eigenvalue weighted by molar-refractivity contribution is -0.127. The molecule has 11 heteroatoms. The van der Waals surface area contributed by atoms with Crippen molar-refractivity contribution in [2.75, 3.05) is 18.5 Å². The minimum absolute atomic E-state index is 0.0123. The fourth-order valence-corrected chi connectivity index (χ4v) is 4.82. The van der Waals surface area contributed by atoms with Gasteiger partial charge < -0.3 is 20.5 Å². The zero-order chi connectivity index (χ0) is 23.0. The second-order valence-electron chi connectivity index (χ2n) is 8.16. The standard InChI is InChI=1S/C21H22ClF2N5O3/c1-25-18(30)16-17(27-10-26-16)19(31)28-11-2-4-21(5-3-11)6-7-29(20(21)32)15-9-14(24)13(23)8-12(15)22/h8-11H,2-7H2,1H3,(H,25,30)(H,26,27)(H,28,31)/t11-,21-. The quantitative estimate of drug-likeness (QED) is 0.603. The van der Waals surface area contributed by atoms with Crippen LogP contribution in [0.15, 0.2) is 18.5 Å². The number of imidazole rings is 1. The molecule has 1 aromatic heterocycles. The van der Waals surface area contributed by atoms with Gasteiger partial charge in [-0.05, 0) is 38.2 Å². The topological polar surface area (TPSA) is 107 Å². The van der Waals surface area contributed by atoms with Gasteiger partial charge in [0.15, 0.2) is 17.3 Å². The number of nitrogens with one attached hydrogen (secondary N) is 3. The van der Waals surface area contributed by atoms with E-state index in [9.17, 15) is 23.2 Å². The fourth-order valence-electron chi connectivity index (χ4n) is 4.56. The number of rotatable bonds is 4. The Bertz CT molecular complexity index is 1080. The molecule has 1 aromatic carbocycles. The number of halogens is 3. The molecular weight excluding hydrogens is 444 g/mol. The first-order valence-corrected chi connectivity index (χ1v) is 10.7. The number of anilines is 1. The van der Waals surface area contributed by atoms with E-state index in [2.05, 4.69) is 20.6 Å². The maximum atomic E-state index is 13.7. The maximum absolute atomic E-state index is 13.7. The number of amides is 3. The molecule has 3 N–H and O–H groups in total. The summed E-state index contributed by atoms with van der Waals surface area (Å²) in [6, 6.07) is 1.66. The molecule has 1 saturated carbocycles. The van der Waals surface area contributed by atoms with Crippen molar-refractivity contribution in [1.82, 2.24) is 20.6 Å². The second kappa shape index (κ2) is 8.50. The zero-order valence-corrected chi connectivity index (χ0v) is 18.1. The molecule has 0 atom stereocenters. The number of carbonyl (C=O) groups is 3. The Morgan fingerprint density at radius 3 is 2.56 bits per heavy atom. The SMILES string of the molecule is CNC(=O)c1nc[nH]c1C(=O)N[C@H]1CC[C@@]2(CCN(c3cc(F)c(F)cc3Cl)C2=O)CC1. The summed E-state index contributed by atoms with van der Waals surface area (Å²) in [6.07, 6.45) is 4.08. The van der Waals surface area contributed by atoms with Crippen LogP contribution in [0.4, 0.5) is 14.5 Å². The number of aromatic amines is 1. The van der Waals surface area contributed by atoms with Crippen LogP contribution >= 0.6 is 11.6 Å². The van der Waals surface area contributed by atoms with E-state index in [1.165, 1.54) is 18.3 Å². The fraction of sp³-hybridized carbons (Fsp3) is 0.429. The summed E-state index contributed by atoms with van der Waals surface area (Å²) in [5.41, 5.74) is -0.344. The number of carbonyl (C=O) groups excluding carboxylic acids is 3. The van der Waals surface area contributed by atoms with Gasteiger partial charge in [0.05, 0.1) is 22.5 Å². The molecule has 2 aromatic rings.